The van der Waals surface area contributed by atoms with Gasteiger partial charge in [0.1, 0.15) is 5.54 Å². The maximum Gasteiger partial charge on any atom is 0.257 e. The molecule has 0 spiro atoms. The predicted molar refractivity (Wildman–Crippen MR) is 78.9 cm³/mol. The number of nitrogens with one attached hydrogen (secondary N) is 2. The number of nitrogens with zero attached hydrogens (tertiary/aromatic N) is 1. The highest BCUT2D eigenvalue weighted by atomic mass is 35.5. The third kappa shape index (κ3) is 2.78. The maximum atomic E-state index is 12.4. The number of rotatable bonds is 5. The molecule has 1 heterocycles. The molecule has 0 saturated carbocycles. The van der Waals surface area contributed by atoms with Crippen LogP contribution in [0.3, 0.4) is 0 Å². The molecule has 2 rings (SSSR count). The van der Waals surface area contributed by atoms with Crippen LogP contribution in [0, 0.1) is 0 Å². The Morgan fingerprint density at radius 2 is 2.25 bits per heavy atom. The van der Waals surface area contributed by atoms with Crippen molar-refractivity contribution in [2.24, 2.45) is 4.99 Å². The molecule has 1 aromatic rings. The number of halogens is 1. The van der Waals surface area contributed by atoms with Crippen LogP contribution in [-0.4, -0.2) is 32.1 Å². The quantitative estimate of drug-likeness (QED) is 0.812. The Morgan fingerprint density at radius 1 is 1.45 bits per heavy atom. The first-order chi connectivity index (χ1) is 9.62. The van der Waals surface area contributed by atoms with Crippen LogP contribution in [0.1, 0.15) is 18.9 Å². The molecule has 20 heavy (non-hydrogen) atoms. The Balaban J connectivity index is 2.27. The number of guanidine groups is 1. The van der Waals surface area contributed by atoms with E-state index in [0.717, 1.165) is 5.56 Å². The van der Waals surface area contributed by atoms with E-state index in [1.807, 2.05) is 19.1 Å². The van der Waals surface area contributed by atoms with Crippen molar-refractivity contribution in [2.75, 3.05) is 20.3 Å². The van der Waals surface area contributed by atoms with E-state index in [4.69, 9.17) is 16.3 Å². The largest absolute Gasteiger partial charge is 0.383 e. The number of amides is 1. The lowest BCUT2D eigenvalue weighted by Crippen LogP contribution is -2.43. The molecule has 1 atom stereocenters. The molecule has 1 saturated heterocycles. The summed E-state index contributed by atoms with van der Waals surface area (Å²) in [7, 11) is 1.61. The maximum absolute atomic E-state index is 12.4. The Hall–Kier alpha value is -1.59. The molecule has 1 fully saturated rings. The van der Waals surface area contributed by atoms with Gasteiger partial charge < -0.3 is 10.1 Å². The smallest absolute Gasteiger partial charge is 0.257 e. The molecule has 2 N–H and O–H groups in total. The number of carbonyl (C=O) groups is 1. The average molecular weight is 296 g/mol. The number of carbonyl (C=O) groups excluding carboxylic acids is 1. The third-order valence-electron chi connectivity index (χ3n) is 3.36. The number of benzene rings is 1. The van der Waals surface area contributed by atoms with Crippen LogP contribution in [0.2, 0.25) is 5.02 Å². The topological polar surface area (TPSA) is 62.7 Å². The van der Waals surface area contributed by atoms with Crippen LogP contribution in [0.4, 0.5) is 0 Å². The van der Waals surface area contributed by atoms with Gasteiger partial charge in [-0.15, -0.1) is 0 Å². The second-order valence-corrected chi connectivity index (χ2v) is 5.01. The van der Waals surface area contributed by atoms with E-state index in [1.165, 1.54) is 0 Å². The summed E-state index contributed by atoms with van der Waals surface area (Å²) in [5.41, 5.74) is 0.0264. The Morgan fingerprint density at radius 3 is 2.90 bits per heavy atom. The summed E-state index contributed by atoms with van der Waals surface area (Å²) in [4.78, 5) is 16.6. The van der Waals surface area contributed by atoms with Crippen molar-refractivity contribution in [3.8, 4) is 0 Å². The van der Waals surface area contributed by atoms with Crippen molar-refractivity contribution in [2.45, 2.75) is 18.9 Å². The minimum Gasteiger partial charge on any atom is -0.383 e. The number of ether oxygens (including phenoxy) is 1. The zero-order valence-corrected chi connectivity index (χ0v) is 12.3. The van der Waals surface area contributed by atoms with E-state index in [-0.39, 0.29) is 5.91 Å². The summed E-state index contributed by atoms with van der Waals surface area (Å²) in [5.74, 6) is 0.368. The molecule has 6 heteroatoms. The van der Waals surface area contributed by atoms with Gasteiger partial charge in [0.2, 0.25) is 0 Å². The molecule has 0 radical (unpaired) electrons. The molecule has 1 aliphatic heterocycles. The van der Waals surface area contributed by atoms with Gasteiger partial charge in [-0.2, -0.15) is 0 Å². The summed E-state index contributed by atoms with van der Waals surface area (Å²) < 4.78 is 4.94. The lowest BCUT2D eigenvalue weighted by Gasteiger charge is -2.25. The first kappa shape index (κ1) is 14.8. The van der Waals surface area contributed by atoms with Crippen molar-refractivity contribution < 1.29 is 9.53 Å². The Kier molecular flexibility index (Phi) is 4.62. The van der Waals surface area contributed by atoms with Gasteiger partial charge in [0, 0.05) is 12.1 Å². The van der Waals surface area contributed by atoms with Crippen LogP contribution >= 0.6 is 11.6 Å². The second kappa shape index (κ2) is 6.24. The van der Waals surface area contributed by atoms with Crippen LogP contribution in [0.5, 0.6) is 0 Å². The average Bonchev–Trinajstić information content (AvgIpc) is 2.76. The van der Waals surface area contributed by atoms with Crippen molar-refractivity contribution in [3.63, 3.8) is 0 Å². The zero-order valence-electron chi connectivity index (χ0n) is 11.6. The molecule has 1 unspecified atom stereocenters. The Bertz CT molecular complexity index is 533. The molecule has 0 bridgehead atoms. The molecule has 0 aliphatic carbocycles. The normalized spacial score (nSPS) is 23.8. The standard InChI is InChI=1S/C14H18ClN3O2/c1-3-14(10-5-4-6-11(15)9-10)12(19)17-13(18-14)16-7-8-20-2/h4-6,9H,3,7-8H2,1-2H3,(H2,16,17,18,19). The van der Waals surface area contributed by atoms with Gasteiger partial charge in [0.05, 0.1) is 13.2 Å². The lowest BCUT2D eigenvalue weighted by atomic mass is 9.87. The van der Waals surface area contributed by atoms with Gasteiger partial charge in [-0.25, -0.2) is 0 Å². The first-order valence-electron chi connectivity index (χ1n) is 6.51. The molecule has 5 nitrogen and oxygen atoms in total. The Labute approximate surface area is 123 Å². The fourth-order valence-corrected chi connectivity index (χ4v) is 2.43. The fourth-order valence-electron chi connectivity index (χ4n) is 2.24. The summed E-state index contributed by atoms with van der Waals surface area (Å²) >= 11 is 6.02. The van der Waals surface area contributed by atoms with Crippen molar-refractivity contribution in [1.82, 2.24) is 10.6 Å². The molecule has 1 amide bonds. The summed E-state index contributed by atoms with van der Waals surface area (Å²) in [5, 5.41) is 6.56. The predicted octanol–water partition coefficient (Wildman–Crippen LogP) is 1.67. The number of hydrogen-bond acceptors (Lipinski definition) is 3. The molecular formula is C14H18ClN3O2. The van der Waals surface area contributed by atoms with Crippen LogP contribution in [0.25, 0.3) is 0 Å². The minimum absolute atomic E-state index is 0.113. The highest BCUT2D eigenvalue weighted by molar-refractivity contribution is 6.30. The van der Waals surface area contributed by atoms with Crippen LogP contribution < -0.4 is 10.6 Å². The van der Waals surface area contributed by atoms with Gasteiger partial charge >= 0.3 is 0 Å². The minimum atomic E-state index is -0.809. The SMILES string of the molecule is CCC1(c2cccc(Cl)c2)NC(=NCCOC)NC1=O. The summed E-state index contributed by atoms with van der Waals surface area (Å²) in [6.07, 6.45) is 0.600. The van der Waals surface area contributed by atoms with Gasteiger partial charge in [-0.05, 0) is 24.1 Å². The second-order valence-electron chi connectivity index (χ2n) is 4.57. The molecule has 1 aromatic carbocycles. The number of hydrogen-bond donors (Lipinski definition) is 2. The van der Waals surface area contributed by atoms with Crippen molar-refractivity contribution in [3.05, 3.63) is 34.9 Å². The van der Waals surface area contributed by atoms with E-state index in [0.29, 0.717) is 30.6 Å². The van der Waals surface area contributed by atoms with Crippen molar-refractivity contribution in [1.29, 1.82) is 0 Å². The molecule has 108 valence electrons. The van der Waals surface area contributed by atoms with E-state index in [9.17, 15) is 4.79 Å². The summed E-state index contributed by atoms with van der Waals surface area (Å²) in [6, 6.07) is 7.31. The number of methoxy groups -OCH3 is 1. The van der Waals surface area contributed by atoms with Crippen molar-refractivity contribution >= 4 is 23.5 Å². The van der Waals surface area contributed by atoms with E-state index in [1.54, 1.807) is 19.2 Å². The van der Waals surface area contributed by atoms with E-state index in [2.05, 4.69) is 15.6 Å². The summed E-state index contributed by atoms with van der Waals surface area (Å²) in [6.45, 7) is 2.96. The van der Waals surface area contributed by atoms with Crippen LogP contribution in [0.15, 0.2) is 29.3 Å². The number of aliphatic imine (C=N–C) groups is 1. The monoisotopic (exact) mass is 295 g/mol. The highest BCUT2D eigenvalue weighted by Gasteiger charge is 2.45. The van der Waals surface area contributed by atoms with Gasteiger partial charge in [0.25, 0.3) is 5.91 Å². The van der Waals surface area contributed by atoms with E-state index >= 15 is 0 Å². The first-order valence-corrected chi connectivity index (χ1v) is 6.89. The van der Waals surface area contributed by atoms with Gasteiger partial charge in [0.15, 0.2) is 5.96 Å². The molecule has 1 aliphatic rings. The third-order valence-corrected chi connectivity index (χ3v) is 3.60. The molecule has 0 aromatic heterocycles. The van der Waals surface area contributed by atoms with E-state index < -0.39 is 5.54 Å². The highest BCUT2D eigenvalue weighted by Crippen LogP contribution is 2.30. The van der Waals surface area contributed by atoms with Gasteiger partial charge in [-0.1, -0.05) is 30.7 Å². The lowest BCUT2D eigenvalue weighted by molar-refractivity contribution is -0.124. The van der Waals surface area contributed by atoms with Crippen LogP contribution in [-0.2, 0) is 15.1 Å². The van der Waals surface area contributed by atoms with Gasteiger partial charge in [-0.3, -0.25) is 15.1 Å². The molecular weight excluding hydrogens is 278 g/mol. The fraction of sp³-hybridized carbons (Fsp3) is 0.429. The zero-order chi connectivity index (χ0) is 14.6.